The molecule has 0 aliphatic carbocycles. The summed E-state index contributed by atoms with van der Waals surface area (Å²) in [5.74, 6) is 0.135. The van der Waals surface area contributed by atoms with Crippen LogP contribution in [0.15, 0.2) is 65.1 Å². The standard InChI is InChI=1S/C20H15N3O3S/c1-13(19-22-23-20(26-19)14-7-3-2-4-8-14)25-18(24)12-11-17-21-15-9-5-6-10-16(15)27-17/h2-13H,1H3/b12-11+/t13-/m0/s1. The van der Waals surface area contributed by atoms with E-state index < -0.39 is 12.1 Å². The summed E-state index contributed by atoms with van der Waals surface area (Å²) in [6.45, 7) is 1.69. The molecule has 4 rings (SSSR count). The Balaban J connectivity index is 1.41. The molecule has 0 spiro atoms. The van der Waals surface area contributed by atoms with E-state index in [1.165, 1.54) is 17.4 Å². The van der Waals surface area contributed by atoms with E-state index in [2.05, 4.69) is 15.2 Å². The number of hydrogen-bond acceptors (Lipinski definition) is 7. The Morgan fingerprint density at radius 2 is 1.89 bits per heavy atom. The Labute approximate surface area is 159 Å². The predicted molar refractivity (Wildman–Crippen MR) is 103 cm³/mol. The van der Waals surface area contributed by atoms with Gasteiger partial charge in [0.15, 0.2) is 6.10 Å². The average Bonchev–Trinajstić information content (AvgIpc) is 3.34. The van der Waals surface area contributed by atoms with Gasteiger partial charge in [0, 0.05) is 11.6 Å². The van der Waals surface area contributed by atoms with Crippen molar-refractivity contribution in [1.29, 1.82) is 0 Å². The molecule has 2 aromatic carbocycles. The molecule has 4 aromatic rings. The normalized spacial score (nSPS) is 12.5. The summed E-state index contributed by atoms with van der Waals surface area (Å²) in [5, 5.41) is 8.70. The van der Waals surface area contributed by atoms with Crippen LogP contribution < -0.4 is 0 Å². The minimum absolute atomic E-state index is 0.246. The third kappa shape index (κ3) is 3.93. The smallest absolute Gasteiger partial charge is 0.331 e. The Hall–Kier alpha value is -3.32. The third-order valence-corrected chi connectivity index (χ3v) is 4.78. The van der Waals surface area contributed by atoms with E-state index in [9.17, 15) is 4.79 Å². The van der Waals surface area contributed by atoms with Crippen LogP contribution in [-0.4, -0.2) is 21.2 Å². The van der Waals surface area contributed by atoms with E-state index in [0.717, 1.165) is 20.8 Å². The fourth-order valence-electron chi connectivity index (χ4n) is 2.46. The largest absolute Gasteiger partial charge is 0.449 e. The topological polar surface area (TPSA) is 78.1 Å². The van der Waals surface area contributed by atoms with Gasteiger partial charge in [-0.3, -0.25) is 0 Å². The van der Waals surface area contributed by atoms with Gasteiger partial charge in [0.25, 0.3) is 5.89 Å². The van der Waals surface area contributed by atoms with Gasteiger partial charge < -0.3 is 9.15 Å². The van der Waals surface area contributed by atoms with Crippen molar-refractivity contribution in [2.45, 2.75) is 13.0 Å². The van der Waals surface area contributed by atoms with Crippen LogP contribution in [-0.2, 0) is 9.53 Å². The fraction of sp³-hybridized carbons (Fsp3) is 0.100. The SMILES string of the molecule is C[C@H](OC(=O)/C=C/c1nc2ccccc2s1)c1nnc(-c2ccccc2)o1. The van der Waals surface area contributed by atoms with Crippen molar-refractivity contribution in [3.05, 3.63) is 71.6 Å². The van der Waals surface area contributed by atoms with Crippen molar-refractivity contribution in [2.75, 3.05) is 0 Å². The number of rotatable bonds is 5. The Bertz CT molecular complexity index is 1070. The van der Waals surface area contributed by atoms with Crippen LogP contribution in [0.25, 0.3) is 27.7 Å². The summed E-state index contributed by atoms with van der Waals surface area (Å²) in [5.41, 5.74) is 1.72. The average molecular weight is 377 g/mol. The van der Waals surface area contributed by atoms with Crippen molar-refractivity contribution in [3.8, 4) is 11.5 Å². The molecule has 0 amide bonds. The molecule has 0 unspecified atom stereocenters. The number of esters is 1. The van der Waals surface area contributed by atoms with E-state index in [1.807, 2.05) is 54.6 Å². The van der Waals surface area contributed by atoms with Crippen molar-refractivity contribution in [3.63, 3.8) is 0 Å². The first kappa shape index (κ1) is 17.1. The van der Waals surface area contributed by atoms with Gasteiger partial charge in [-0.15, -0.1) is 21.5 Å². The maximum Gasteiger partial charge on any atom is 0.331 e. The number of para-hydroxylation sites is 1. The number of aromatic nitrogens is 3. The van der Waals surface area contributed by atoms with Crippen molar-refractivity contribution >= 4 is 33.6 Å². The summed E-state index contributed by atoms with van der Waals surface area (Å²) in [6.07, 6.45) is 2.34. The third-order valence-electron chi connectivity index (χ3n) is 3.77. The summed E-state index contributed by atoms with van der Waals surface area (Å²) >= 11 is 1.51. The summed E-state index contributed by atoms with van der Waals surface area (Å²) < 4.78 is 12.0. The lowest BCUT2D eigenvalue weighted by atomic mass is 10.2. The second-order valence-electron chi connectivity index (χ2n) is 5.74. The molecule has 0 bridgehead atoms. The Kier molecular flexibility index (Phi) is 4.76. The quantitative estimate of drug-likeness (QED) is 0.372. The number of thiazole rings is 1. The van der Waals surface area contributed by atoms with Crippen molar-refractivity contribution < 1.29 is 13.9 Å². The highest BCUT2D eigenvalue weighted by Gasteiger charge is 2.18. The van der Waals surface area contributed by atoms with Crippen LogP contribution in [0, 0.1) is 0 Å². The summed E-state index contributed by atoms with van der Waals surface area (Å²) in [4.78, 5) is 16.5. The summed E-state index contributed by atoms with van der Waals surface area (Å²) in [6, 6.07) is 17.2. The van der Waals surface area contributed by atoms with Crippen molar-refractivity contribution in [2.24, 2.45) is 0 Å². The van der Waals surface area contributed by atoms with Gasteiger partial charge in [0.2, 0.25) is 5.89 Å². The maximum atomic E-state index is 12.1. The number of fused-ring (bicyclic) bond motifs is 1. The molecule has 7 heteroatoms. The maximum absolute atomic E-state index is 12.1. The van der Waals surface area contributed by atoms with Gasteiger partial charge in [0.05, 0.1) is 10.2 Å². The molecule has 6 nitrogen and oxygen atoms in total. The zero-order chi connectivity index (χ0) is 18.6. The summed E-state index contributed by atoms with van der Waals surface area (Å²) in [7, 11) is 0. The zero-order valence-corrected chi connectivity index (χ0v) is 15.2. The number of benzene rings is 2. The molecule has 0 aliphatic rings. The van der Waals surface area contributed by atoms with Gasteiger partial charge in [-0.05, 0) is 37.3 Å². The van der Waals surface area contributed by atoms with Crippen LogP contribution in [0.5, 0.6) is 0 Å². The van der Waals surface area contributed by atoms with E-state index in [1.54, 1.807) is 13.0 Å². The lowest BCUT2D eigenvalue weighted by molar-refractivity contribution is -0.143. The lowest BCUT2D eigenvalue weighted by Gasteiger charge is -2.06. The second-order valence-corrected chi connectivity index (χ2v) is 6.81. The number of nitrogens with zero attached hydrogens (tertiary/aromatic N) is 3. The lowest BCUT2D eigenvalue weighted by Crippen LogP contribution is -2.06. The Morgan fingerprint density at radius 3 is 2.70 bits per heavy atom. The molecule has 2 aromatic heterocycles. The molecule has 0 N–H and O–H groups in total. The van der Waals surface area contributed by atoms with Crippen LogP contribution >= 0.6 is 11.3 Å². The minimum Gasteiger partial charge on any atom is -0.449 e. The highest BCUT2D eigenvalue weighted by Crippen LogP contribution is 2.24. The van der Waals surface area contributed by atoms with Gasteiger partial charge in [-0.2, -0.15) is 0 Å². The first-order valence-corrected chi connectivity index (χ1v) is 9.14. The monoisotopic (exact) mass is 377 g/mol. The van der Waals surface area contributed by atoms with Gasteiger partial charge in [0.1, 0.15) is 5.01 Å². The minimum atomic E-state index is -0.650. The molecule has 0 saturated heterocycles. The van der Waals surface area contributed by atoms with Crippen LogP contribution in [0.3, 0.4) is 0 Å². The molecule has 134 valence electrons. The van der Waals surface area contributed by atoms with Crippen LogP contribution in [0.4, 0.5) is 0 Å². The fourth-order valence-corrected chi connectivity index (χ4v) is 3.33. The molecule has 2 heterocycles. The van der Waals surface area contributed by atoms with E-state index in [4.69, 9.17) is 9.15 Å². The van der Waals surface area contributed by atoms with E-state index in [-0.39, 0.29) is 5.89 Å². The highest BCUT2D eigenvalue weighted by atomic mass is 32.1. The molecule has 0 radical (unpaired) electrons. The Morgan fingerprint density at radius 1 is 1.11 bits per heavy atom. The van der Waals surface area contributed by atoms with Gasteiger partial charge in [-0.1, -0.05) is 30.3 Å². The molecule has 0 fully saturated rings. The molecule has 0 saturated carbocycles. The van der Waals surface area contributed by atoms with Crippen LogP contribution in [0.1, 0.15) is 23.9 Å². The number of hydrogen-bond donors (Lipinski definition) is 0. The molecule has 27 heavy (non-hydrogen) atoms. The molecule has 1 atom stereocenters. The zero-order valence-electron chi connectivity index (χ0n) is 14.4. The molecular weight excluding hydrogens is 362 g/mol. The number of carbonyl (C=O) groups excluding carboxylic acids is 1. The van der Waals surface area contributed by atoms with E-state index in [0.29, 0.717) is 5.89 Å². The molecular formula is C20H15N3O3S. The predicted octanol–water partition coefficient (Wildman–Crippen LogP) is 4.66. The number of ether oxygens (including phenoxy) is 1. The van der Waals surface area contributed by atoms with Gasteiger partial charge in [-0.25, -0.2) is 9.78 Å². The second kappa shape index (κ2) is 7.51. The van der Waals surface area contributed by atoms with Crippen molar-refractivity contribution in [1.82, 2.24) is 15.2 Å². The van der Waals surface area contributed by atoms with E-state index >= 15 is 0 Å². The first-order chi connectivity index (χ1) is 13.2. The molecule has 0 aliphatic heterocycles. The first-order valence-electron chi connectivity index (χ1n) is 8.32. The van der Waals surface area contributed by atoms with Crippen LogP contribution in [0.2, 0.25) is 0 Å². The van der Waals surface area contributed by atoms with Gasteiger partial charge >= 0.3 is 5.97 Å². The highest BCUT2D eigenvalue weighted by molar-refractivity contribution is 7.19. The number of carbonyl (C=O) groups is 1.